The van der Waals surface area contributed by atoms with Gasteiger partial charge in [-0.05, 0) is 55.6 Å². The molecule has 1 saturated heterocycles. The summed E-state index contributed by atoms with van der Waals surface area (Å²) in [5.41, 5.74) is 3.66. The van der Waals surface area contributed by atoms with Crippen LogP contribution in [0.3, 0.4) is 0 Å². The number of amides is 1. The molecule has 0 aliphatic carbocycles. The van der Waals surface area contributed by atoms with Crippen LogP contribution in [0.15, 0.2) is 53.4 Å². The number of nitrogens with zero attached hydrogens (tertiary/aromatic N) is 2. The highest BCUT2D eigenvalue weighted by atomic mass is 35.5. The maximum atomic E-state index is 12.5. The van der Waals surface area contributed by atoms with Crippen LogP contribution in [0.1, 0.15) is 10.4 Å². The van der Waals surface area contributed by atoms with E-state index >= 15 is 0 Å². The molecule has 2 N–H and O–H groups in total. The SMILES string of the molecule is CN1CCN(NC(=O)c2ccc(S(=O)(=O)Nc3ccc(Cl)cc3)cc2)CC1. The minimum absolute atomic E-state index is 0.0774. The molecule has 1 fully saturated rings. The van der Waals surface area contributed by atoms with Crippen LogP contribution in [0.5, 0.6) is 0 Å². The number of halogens is 1. The first-order valence-electron chi connectivity index (χ1n) is 8.46. The molecule has 2 aromatic rings. The molecule has 0 radical (unpaired) electrons. The van der Waals surface area contributed by atoms with Gasteiger partial charge in [-0.3, -0.25) is 14.9 Å². The Hall–Kier alpha value is -2.13. The third-order valence-corrected chi connectivity index (χ3v) is 5.94. The number of piperazine rings is 1. The van der Waals surface area contributed by atoms with Crippen LogP contribution >= 0.6 is 11.6 Å². The molecule has 0 unspecified atom stereocenters. The molecule has 1 aliphatic heterocycles. The van der Waals surface area contributed by atoms with E-state index in [2.05, 4.69) is 15.0 Å². The normalized spacial score (nSPS) is 16.1. The van der Waals surface area contributed by atoms with Crippen molar-refractivity contribution in [1.82, 2.24) is 15.3 Å². The number of sulfonamides is 1. The molecule has 0 aromatic heterocycles. The van der Waals surface area contributed by atoms with E-state index in [4.69, 9.17) is 11.6 Å². The molecule has 0 bridgehead atoms. The van der Waals surface area contributed by atoms with Crippen molar-refractivity contribution in [1.29, 1.82) is 0 Å². The second-order valence-corrected chi connectivity index (χ2v) is 8.49. The van der Waals surface area contributed by atoms with E-state index in [1.807, 2.05) is 12.1 Å². The molecule has 0 atom stereocenters. The monoisotopic (exact) mass is 408 g/mol. The molecule has 27 heavy (non-hydrogen) atoms. The van der Waals surface area contributed by atoms with E-state index in [0.29, 0.717) is 16.3 Å². The van der Waals surface area contributed by atoms with Gasteiger partial charge in [0.1, 0.15) is 0 Å². The van der Waals surface area contributed by atoms with Crippen LogP contribution in [-0.2, 0) is 10.0 Å². The first-order valence-corrected chi connectivity index (χ1v) is 10.3. The Morgan fingerprint density at radius 2 is 1.56 bits per heavy atom. The number of nitrogens with one attached hydrogen (secondary N) is 2. The summed E-state index contributed by atoms with van der Waals surface area (Å²) >= 11 is 5.80. The summed E-state index contributed by atoms with van der Waals surface area (Å²) in [5, 5.41) is 2.39. The zero-order valence-electron chi connectivity index (χ0n) is 14.9. The maximum Gasteiger partial charge on any atom is 0.265 e. The van der Waals surface area contributed by atoms with Crippen molar-refractivity contribution in [3.63, 3.8) is 0 Å². The lowest BCUT2D eigenvalue weighted by Crippen LogP contribution is -2.52. The highest BCUT2D eigenvalue weighted by Crippen LogP contribution is 2.19. The standard InChI is InChI=1S/C18H21ClN4O3S/c1-22-10-12-23(13-11-22)20-18(24)14-2-8-17(9-3-14)27(25,26)21-16-6-4-15(19)5-7-16/h2-9,21H,10-13H2,1H3,(H,20,24). The van der Waals surface area contributed by atoms with Gasteiger partial charge >= 0.3 is 0 Å². The van der Waals surface area contributed by atoms with Crippen molar-refractivity contribution in [2.24, 2.45) is 0 Å². The fourth-order valence-electron chi connectivity index (χ4n) is 2.64. The van der Waals surface area contributed by atoms with E-state index < -0.39 is 10.0 Å². The largest absolute Gasteiger partial charge is 0.304 e. The van der Waals surface area contributed by atoms with Gasteiger partial charge in [-0.2, -0.15) is 0 Å². The number of benzene rings is 2. The summed E-state index contributed by atoms with van der Waals surface area (Å²) in [7, 11) is -1.70. The van der Waals surface area contributed by atoms with Crippen molar-refractivity contribution >= 4 is 33.2 Å². The Balaban J connectivity index is 1.65. The molecular weight excluding hydrogens is 388 g/mol. The quantitative estimate of drug-likeness (QED) is 0.791. The number of hydrazine groups is 1. The number of hydrogen-bond acceptors (Lipinski definition) is 5. The molecule has 0 spiro atoms. The zero-order chi connectivity index (χ0) is 19.4. The van der Waals surface area contributed by atoms with Gasteiger partial charge in [-0.15, -0.1) is 0 Å². The Morgan fingerprint density at radius 3 is 2.15 bits per heavy atom. The van der Waals surface area contributed by atoms with Crippen molar-refractivity contribution in [2.45, 2.75) is 4.90 Å². The minimum atomic E-state index is -3.74. The van der Waals surface area contributed by atoms with Gasteiger partial charge in [0.05, 0.1) is 4.90 Å². The Labute approximate surface area is 163 Å². The van der Waals surface area contributed by atoms with Crippen LogP contribution in [0, 0.1) is 0 Å². The molecule has 2 aromatic carbocycles. The molecule has 1 amide bonds. The smallest absolute Gasteiger partial charge is 0.265 e. The highest BCUT2D eigenvalue weighted by molar-refractivity contribution is 7.92. The van der Waals surface area contributed by atoms with Gasteiger partial charge in [0, 0.05) is 42.5 Å². The molecule has 7 nitrogen and oxygen atoms in total. The van der Waals surface area contributed by atoms with Gasteiger partial charge in [0.25, 0.3) is 15.9 Å². The summed E-state index contributed by atoms with van der Waals surface area (Å²) in [6, 6.07) is 12.2. The van der Waals surface area contributed by atoms with Crippen LogP contribution in [0.2, 0.25) is 5.02 Å². The lowest BCUT2D eigenvalue weighted by molar-refractivity contribution is 0.0662. The lowest BCUT2D eigenvalue weighted by Gasteiger charge is -2.32. The Bertz CT molecular complexity index is 893. The summed E-state index contributed by atoms with van der Waals surface area (Å²) in [6.07, 6.45) is 0. The average molecular weight is 409 g/mol. The number of hydrogen-bond donors (Lipinski definition) is 2. The highest BCUT2D eigenvalue weighted by Gasteiger charge is 2.18. The summed E-state index contributed by atoms with van der Waals surface area (Å²) in [6.45, 7) is 3.26. The summed E-state index contributed by atoms with van der Waals surface area (Å²) in [5.74, 6) is -0.255. The van der Waals surface area contributed by atoms with E-state index in [-0.39, 0.29) is 10.8 Å². The van der Waals surface area contributed by atoms with Crippen LogP contribution in [0.25, 0.3) is 0 Å². The van der Waals surface area contributed by atoms with Crippen molar-refractivity contribution < 1.29 is 13.2 Å². The molecule has 0 saturated carbocycles. The molecule has 3 rings (SSSR count). The second-order valence-electron chi connectivity index (χ2n) is 6.37. The molecule has 9 heteroatoms. The third-order valence-electron chi connectivity index (χ3n) is 4.29. The first kappa shape index (κ1) is 19.6. The van der Waals surface area contributed by atoms with Crippen molar-refractivity contribution in [2.75, 3.05) is 37.9 Å². The van der Waals surface area contributed by atoms with Crippen LogP contribution in [-0.4, -0.2) is 57.5 Å². The fraction of sp³-hybridized carbons (Fsp3) is 0.278. The first-order chi connectivity index (χ1) is 12.8. The maximum absolute atomic E-state index is 12.5. The molecule has 1 aliphatic rings. The van der Waals surface area contributed by atoms with E-state index in [1.54, 1.807) is 24.3 Å². The Kier molecular flexibility index (Phi) is 6.01. The fourth-order valence-corrected chi connectivity index (χ4v) is 3.83. The number of carbonyl (C=O) groups is 1. The molecular formula is C18H21ClN4O3S. The van der Waals surface area contributed by atoms with Gasteiger partial charge in [-0.25, -0.2) is 13.4 Å². The predicted molar refractivity (Wildman–Crippen MR) is 105 cm³/mol. The predicted octanol–water partition coefficient (Wildman–Crippen LogP) is 2.03. The van der Waals surface area contributed by atoms with Gasteiger partial charge in [-0.1, -0.05) is 11.6 Å². The summed E-state index contributed by atoms with van der Waals surface area (Å²) < 4.78 is 27.4. The third kappa shape index (κ3) is 5.20. The second kappa shape index (κ2) is 8.26. The topological polar surface area (TPSA) is 81.8 Å². The van der Waals surface area contributed by atoms with E-state index in [9.17, 15) is 13.2 Å². The van der Waals surface area contributed by atoms with Crippen LogP contribution < -0.4 is 10.1 Å². The molecule has 1 heterocycles. The van der Waals surface area contributed by atoms with E-state index in [1.165, 1.54) is 24.3 Å². The number of carbonyl (C=O) groups excluding carboxylic acids is 1. The van der Waals surface area contributed by atoms with Crippen molar-refractivity contribution in [3.8, 4) is 0 Å². The van der Waals surface area contributed by atoms with Gasteiger partial charge in [0.2, 0.25) is 0 Å². The van der Waals surface area contributed by atoms with Gasteiger partial charge < -0.3 is 4.90 Å². The summed E-state index contributed by atoms with van der Waals surface area (Å²) in [4.78, 5) is 14.6. The zero-order valence-corrected chi connectivity index (χ0v) is 16.4. The Morgan fingerprint density at radius 1 is 0.963 bits per heavy atom. The minimum Gasteiger partial charge on any atom is -0.304 e. The lowest BCUT2D eigenvalue weighted by atomic mass is 10.2. The molecule has 144 valence electrons. The van der Waals surface area contributed by atoms with Crippen molar-refractivity contribution in [3.05, 3.63) is 59.1 Å². The number of rotatable bonds is 5. The van der Waals surface area contributed by atoms with E-state index in [0.717, 1.165) is 26.2 Å². The van der Waals surface area contributed by atoms with Gasteiger partial charge in [0.15, 0.2) is 0 Å². The number of anilines is 1. The van der Waals surface area contributed by atoms with Crippen LogP contribution in [0.4, 0.5) is 5.69 Å². The average Bonchev–Trinajstić information content (AvgIpc) is 2.65. The number of likely N-dealkylation sites (N-methyl/N-ethyl adjacent to an activating group) is 1.